The fourth-order valence-corrected chi connectivity index (χ4v) is 1.75. The van der Waals surface area contributed by atoms with Gasteiger partial charge in [0.15, 0.2) is 0 Å². The Hall–Kier alpha value is -1.88. The molecule has 5 heteroatoms. The Bertz CT molecular complexity index is 484. The molecule has 0 aliphatic carbocycles. The van der Waals surface area contributed by atoms with Crippen molar-refractivity contribution in [1.29, 1.82) is 0 Å². The van der Waals surface area contributed by atoms with E-state index in [0.29, 0.717) is 24.2 Å². The topological polar surface area (TPSA) is 70.2 Å². The number of anilines is 1. The molecule has 1 aromatic rings. The lowest BCUT2D eigenvalue weighted by Crippen LogP contribution is -2.30. The molecule has 0 saturated heterocycles. The zero-order valence-electron chi connectivity index (χ0n) is 12.5. The van der Waals surface area contributed by atoms with Crippen molar-refractivity contribution < 1.29 is 9.59 Å². The van der Waals surface area contributed by atoms with E-state index in [2.05, 4.69) is 16.0 Å². The van der Waals surface area contributed by atoms with Crippen LogP contribution in [0.1, 0.15) is 36.2 Å². The van der Waals surface area contributed by atoms with Crippen molar-refractivity contribution in [3.05, 3.63) is 29.3 Å². The fourth-order valence-electron chi connectivity index (χ4n) is 1.75. The van der Waals surface area contributed by atoms with Crippen LogP contribution in [0.15, 0.2) is 18.2 Å². The lowest BCUT2D eigenvalue weighted by atomic mass is 10.1. The molecule has 0 atom stereocenters. The van der Waals surface area contributed by atoms with Crippen molar-refractivity contribution in [2.75, 3.05) is 18.9 Å². The monoisotopic (exact) mass is 277 g/mol. The number of rotatable bonds is 6. The van der Waals surface area contributed by atoms with E-state index in [9.17, 15) is 9.59 Å². The van der Waals surface area contributed by atoms with Gasteiger partial charge in [-0.3, -0.25) is 9.59 Å². The predicted octanol–water partition coefficient (Wildman–Crippen LogP) is 1.68. The molecule has 0 heterocycles. The van der Waals surface area contributed by atoms with Gasteiger partial charge in [-0.15, -0.1) is 0 Å². The molecule has 5 nitrogen and oxygen atoms in total. The summed E-state index contributed by atoms with van der Waals surface area (Å²) in [4.78, 5) is 23.7. The number of carbonyl (C=O) groups is 2. The Morgan fingerprint density at radius 1 is 1.25 bits per heavy atom. The molecule has 110 valence electrons. The van der Waals surface area contributed by atoms with Crippen LogP contribution in [0.2, 0.25) is 0 Å². The van der Waals surface area contributed by atoms with E-state index >= 15 is 0 Å². The van der Waals surface area contributed by atoms with E-state index in [4.69, 9.17) is 0 Å². The highest BCUT2D eigenvalue weighted by molar-refractivity contribution is 5.98. The third-order valence-electron chi connectivity index (χ3n) is 2.79. The second-order valence-electron chi connectivity index (χ2n) is 5.06. The lowest BCUT2D eigenvalue weighted by Gasteiger charge is -2.12. The first-order chi connectivity index (χ1) is 9.43. The van der Waals surface area contributed by atoms with Crippen molar-refractivity contribution in [1.82, 2.24) is 10.6 Å². The molecule has 0 aliphatic rings. The summed E-state index contributed by atoms with van der Waals surface area (Å²) >= 11 is 0. The molecular formula is C15H23N3O2. The largest absolute Gasteiger partial charge is 0.350 e. The van der Waals surface area contributed by atoms with E-state index in [1.165, 1.54) is 0 Å². The number of aryl methyl sites for hydroxylation is 1. The van der Waals surface area contributed by atoms with Gasteiger partial charge in [-0.25, -0.2) is 0 Å². The van der Waals surface area contributed by atoms with Crippen molar-refractivity contribution in [2.24, 2.45) is 0 Å². The van der Waals surface area contributed by atoms with Gasteiger partial charge in [0.05, 0.1) is 0 Å². The van der Waals surface area contributed by atoms with E-state index in [1.54, 1.807) is 19.2 Å². The van der Waals surface area contributed by atoms with E-state index in [0.717, 1.165) is 5.56 Å². The summed E-state index contributed by atoms with van der Waals surface area (Å²) in [6.45, 7) is 6.33. The zero-order chi connectivity index (χ0) is 15.1. The Morgan fingerprint density at radius 3 is 2.55 bits per heavy atom. The van der Waals surface area contributed by atoms with Crippen molar-refractivity contribution in [3.63, 3.8) is 0 Å². The molecule has 20 heavy (non-hydrogen) atoms. The summed E-state index contributed by atoms with van der Waals surface area (Å²) in [7, 11) is 1.80. The molecule has 0 unspecified atom stereocenters. The summed E-state index contributed by atoms with van der Waals surface area (Å²) < 4.78 is 0. The van der Waals surface area contributed by atoms with E-state index in [-0.39, 0.29) is 17.9 Å². The van der Waals surface area contributed by atoms with Gasteiger partial charge in [0.1, 0.15) is 0 Å². The van der Waals surface area contributed by atoms with Gasteiger partial charge in [-0.1, -0.05) is 6.07 Å². The first kappa shape index (κ1) is 16.2. The Morgan fingerprint density at radius 2 is 1.95 bits per heavy atom. The smallest absolute Gasteiger partial charge is 0.251 e. The summed E-state index contributed by atoms with van der Waals surface area (Å²) in [5.74, 6) is -0.192. The standard InChI is InChI=1S/C15H23N3O2/c1-10(2)17-15(20)13-9-12(6-5-11(13)3)18-14(19)7-8-16-4/h5-6,9-10,16H,7-8H2,1-4H3,(H,17,20)(H,18,19). The molecule has 1 rings (SSSR count). The maximum absolute atomic E-state index is 12.1. The van der Waals surface area contributed by atoms with E-state index in [1.807, 2.05) is 26.8 Å². The molecule has 0 aromatic heterocycles. The molecule has 3 N–H and O–H groups in total. The average Bonchev–Trinajstić information content (AvgIpc) is 2.37. The molecular weight excluding hydrogens is 254 g/mol. The molecule has 2 amide bonds. The van der Waals surface area contributed by atoms with Crippen LogP contribution in [-0.2, 0) is 4.79 Å². The molecule has 0 bridgehead atoms. The van der Waals surface area contributed by atoms with Crippen LogP contribution in [0, 0.1) is 6.92 Å². The normalized spacial score (nSPS) is 10.4. The molecule has 0 fully saturated rings. The summed E-state index contributed by atoms with van der Waals surface area (Å²) in [5.41, 5.74) is 2.12. The summed E-state index contributed by atoms with van der Waals surface area (Å²) in [6.07, 6.45) is 0.401. The van der Waals surface area contributed by atoms with Gasteiger partial charge in [-0.05, 0) is 45.5 Å². The second-order valence-corrected chi connectivity index (χ2v) is 5.06. The Balaban J connectivity index is 2.80. The van der Waals surface area contributed by atoms with Gasteiger partial charge in [-0.2, -0.15) is 0 Å². The van der Waals surface area contributed by atoms with Crippen LogP contribution in [-0.4, -0.2) is 31.4 Å². The number of benzene rings is 1. The quantitative estimate of drug-likeness (QED) is 0.741. The van der Waals surface area contributed by atoms with Gasteiger partial charge in [0.2, 0.25) is 5.91 Å². The van der Waals surface area contributed by atoms with Gasteiger partial charge < -0.3 is 16.0 Å². The molecule has 0 aliphatic heterocycles. The number of carbonyl (C=O) groups excluding carboxylic acids is 2. The first-order valence-corrected chi connectivity index (χ1v) is 6.80. The number of amides is 2. The maximum atomic E-state index is 12.1. The minimum Gasteiger partial charge on any atom is -0.350 e. The zero-order valence-corrected chi connectivity index (χ0v) is 12.5. The van der Waals surface area contributed by atoms with Crippen molar-refractivity contribution in [3.8, 4) is 0 Å². The molecule has 0 spiro atoms. The van der Waals surface area contributed by atoms with Crippen LogP contribution >= 0.6 is 0 Å². The van der Waals surface area contributed by atoms with Gasteiger partial charge in [0.25, 0.3) is 5.91 Å². The van der Waals surface area contributed by atoms with Crippen LogP contribution in [0.5, 0.6) is 0 Å². The van der Waals surface area contributed by atoms with Gasteiger partial charge >= 0.3 is 0 Å². The maximum Gasteiger partial charge on any atom is 0.251 e. The molecule has 1 aromatic carbocycles. The fraction of sp³-hybridized carbons (Fsp3) is 0.467. The van der Waals surface area contributed by atoms with Crippen molar-refractivity contribution in [2.45, 2.75) is 33.2 Å². The average molecular weight is 277 g/mol. The number of hydrogen-bond donors (Lipinski definition) is 3. The highest BCUT2D eigenvalue weighted by Crippen LogP contribution is 2.15. The van der Waals surface area contributed by atoms with Crippen molar-refractivity contribution >= 4 is 17.5 Å². The third kappa shape index (κ3) is 5.01. The minimum absolute atomic E-state index is 0.0709. The second kappa shape index (κ2) is 7.65. The van der Waals surface area contributed by atoms with Crippen LogP contribution in [0.25, 0.3) is 0 Å². The summed E-state index contributed by atoms with van der Waals surface area (Å²) in [6, 6.07) is 5.43. The molecule has 0 radical (unpaired) electrons. The molecule has 0 saturated carbocycles. The predicted molar refractivity (Wildman–Crippen MR) is 81.0 cm³/mol. The third-order valence-corrected chi connectivity index (χ3v) is 2.79. The lowest BCUT2D eigenvalue weighted by molar-refractivity contribution is -0.116. The SMILES string of the molecule is CNCCC(=O)Nc1ccc(C)c(C(=O)NC(C)C)c1. The highest BCUT2D eigenvalue weighted by atomic mass is 16.2. The summed E-state index contributed by atoms with van der Waals surface area (Å²) in [5, 5.41) is 8.57. The number of hydrogen-bond acceptors (Lipinski definition) is 3. The number of nitrogens with one attached hydrogen (secondary N) is 3. The highest BCUT2D eigenvalue weighted by Gasteiger charge is 2.11. The van der Waals surface area contributed by atoms with Crippen LogP contribution in [0.3, 0.4) is 0 Å². The van der Waals surface area contributed by atoms with E-state index < -0.39 is 0 Å². The minimum atomic E-state index is -0.121. The van der Waals surface area contributed by atoms with Gasteiger partial charge in [0, 0.05) is 30.3 Å². The van der Waals surface area contributed by atoms with Crippen LogP contribution in [0.4, 0.5) is 5.69 Å². The Labute approximate surface area is 120 Å². The first-order valence-electron chi connectivity index (χ1n) is 6.80. The Kier molecular flexibility index (Phi) is 6.18. The van der Waals surface area contributed by atoms with Crippen LogP contribution < -0.4 is 16.0 Å².